The molecular formula is C19H21NO4S2. The highest BCUT2D eigenvalue weighted by molar-refractivity contribution is 7.12. The number of carbonyl (C=O) groups excluding carboxylic acids is 2. The molecule has 1 fully saturated rings. The molecule has 1 aliphatic heterocycles. The van der Waals surface area contributed by atoms with Crippen LogP contribution in [0.2, 0.25) is 0 Å². The van der Waals surface area contributed by atoms with Crippen molar-refractivity contribution in [1.82, 2.24) is 4.90 Å². The molecule has 2 atom stereocenters. The van der Waals surface area contributed by atoms with Crippen LogP contribution in [0, 0.1) is 0 Å². The third kappa shape index (κ3) is 4.81. The Kier molecular flexibility index (Phi) is 6.24. The third-order valence-corrected chi connectivity index (χ3v) is 5.66. The number of amides is 1. The second-order valence-corrected chi connectivity index (χ2v) is 8.11. The van der Waals surface area contributed by atoms with Gasteiger partial charge >= 0.3 is 5.97 Å². The fourth-order valence-corrected chi connectivity index (χ4v) is 4.24. The molecule has 26 heavy (non-hydrogen) atoms. The number of thiophene rings is 2. The Hall–Kier alpha value is -1.96. The van der Waals surface area contributed by atoms with Gasteiger partial charge < -0.3 is 14.4 Å². The van der Waals surface area contributed by atoms with Crippen LogP contribution in [0.1, 0.15) is 23.6 Å². The fraction of sp³-hybridized carbons (Fsp3) is 0.368. The van der Waals surface area contributed by atoms with Gasteiger partial charge in [0.15, 0.2) is 6.61 Å². The van der Waals surface area contributed by atoms with Gasteiger partial charge in [0.2, 0.25) is 0 Å². The van der Waals surface area contributed by atoms with E-state index in [1.807, 2.05) is 54.9 Å². The normalized spacial score (nSPS) is 20.8. The minimum absolute atomic E-state index is 0.0150. The predicted molar refractivity (Wildman–Crippen MR) is 104 cm³/mol. The lowest BCUT2D eigenvalue weighted by molar-refractivity contribution is -0.154. The summed E-state index contributed by atoms with van der Waals surface area (Å²) in [6.45, 7) is 4.64. The van der Waals surface area contributed by atoms with Crippen molar-refractivity contribution in [3.8, 4) is 0 Å². The smallest absolute Gasteiger partial charge is 0.340 e. The Morgan fingerprint density at radius 1 is 1.19 bits per heavy atom. The molecule has 0 aliphatic carbocycles. The predicted octanol–water partition coefficient (Wildman–Crippen LogP) is 3.53. The number of hydrogen-bond donors (Lipinski definition) is 0. The van der Waals surface area contributed by atoms with Gasteiger partial charge in [-0.25, -0.2) is 4.79 Å². The number of nitrogens with zero attached hydrogens (tertiary/aromatic N) is 1. The molecule has 0 bridgehead atoms. The fourth-order valence-electron chi connectivity index (χ4n) is 2.86. The number of rotatable bonds is 5. The van der Waals surface area contributed by atoms with Gasteiger partial charge in [0.05, 0.1) is 17.8 Å². The molecule has 0 N–H and O–H groups in total. The lowest BCUT2D eigenvalue weighted by Crippen LogP contribution is -2.49. The molecule has 0 unspecified atom stereocenters. The van der Waals surface area contributed by atoms with E-state index >= 15 is 0 Å². The second-order valence-electron chi connectivity index (χ2n) is 6.18. The summed E-state index contributed by atoms with van der Waals surface area (Å²) in [5.41, 5.74) is 0.471. The zero-order valence-corrected chi connectivity index (χ0v) is 16.3. The number of ether oxygens (including phenoxy) is 2. The highest BCUT2D eigenvalue weighted by Crippen LogP contribution is 2.26. The number of morpholine rings is 1. The summed E-state index contributed by atoms with van der Waals surface area (Å²) in [5, 5.41) is 3.86. The average molecular weight is 392 g/mol. The number of hydrogen-bond acceptors (Lipinski definition) is 6. The van der Waals surface area contributed by atoms with Crippen molar-refractivity contribution in [2.75, 3.05) is 19.7 Å². The van der Waals surface area contributed by atoms with Crippen molar-refractivity contribution >= 4 is 46.2 Å². The molecule has 5 nitrogen and oxygen atoms in total. The largest absolute Gasteiger partial charge is 0.452 e. The molecule has 3 rings (SSSR count). The Balaban J connectivity index is 1.66. The van der Waals surface area contributed by atoms with Crippen LogP contribution in [0.15, 0.2) is 35.0 Å². The molecule has 2 aromatic heterocycles. The summed E-state index contributed by atoms with van der Waals surface area (Å²) in [7, 11) is 0. The van der Waals surface area contributed by atoms with E-state index in [4.69, 9.17) is 9.47 Å². The molecule has 0 spiro atoms. The Bertz CT molecular complexity index is 758. The van der Waals surface area contributed by atoms with Crippen LogP contribution >= 0.6 is 22.7 Å². The Labute approximate surface area is 160 Å². The van der Waals surface area contributed by atoms with E-state index in [1.54, 1.807) is 16.2 Å². The molecule has 0 aromatic carbocycles. The quantitative estimate of drug-likeness (QED) is 0.578. The number of carbonyl (C=O) groups is 2. The average Bonchev–Trinajstić information content (AvgIpc) is 3.29. The topological polar surface area (TPSA) is 55.8 Å². The molecule has 1 amide bonds. The molecule has 2 aromatic rings. The third-order valence-electron chi connectivity index (χ3n) is 3.94. The molecule has 3 heterocycles. The van der Waals surface area contributed by atoms with Crippen LogP contribution in [0.4, 0.5) is 0 Å². The zero-order valence-electron chi connectivity index (χ0n) is 14.7. The van der Waals surface area contributed by atoms with Gasteiger partial charge in [-0.05, 0) is 42.8 Å². The van der Waals surface area contributed by atoms with Crippen LogP contribution < -0.4 is 0 Å². The van der Waals surface area contributed by atoms with Gasteiger partial charge in [-0.2, -0.15) is 0 Å². The highest BCUT2D eigenvalue weighted by Gasteiger charge is 2.27. The maximum atomic E-state index is 12.6. The summed E-state index contributed by atoms with van der Waals surface area (Å²) in [5.74, 6) is -0.675. The van der Waals surface area contributed by atoms with Crippen LogP contribution in [0.5, 0.6) is 0 Å². The SMILES string of the molecule is C[C@@H]1CN(C(=O)COC(=O)/C(=C/c2cccs2)c2cccs2)C[C@@H](C)O1. The van der Waals surface area contributed by atoms with Crippen molar-refractivity contribution in [3.63, 3.8) is 0 Å². The van der Waals surface area contributed by atoms with Crippen LogP contribution in [0.25, 0.3) is 11.6 Å². The van der Waals surface area contributed by atoms with E-state index in [0.29, 0.717) is 18.7 Å². The first-order valence-corrected chi connectivity index (χ1v) is 10.2. The summed E-state index contributed by atoms with van der Waals surface area (Å²) in [6, 6.07) is 7.63. The van der Waals surface area contributed by atoms with Crippen molar-refractivity contribution in [3.05, 3.63) is 44.8 Å². The van der Waals surface area contributed by atoms with E-state index in [-0.39, 0.29) is 24.7 Å². The summed E-state index contributed by atoms with van der Waals surface area (Å²) in [4.78, 5) is 28.5. The second kappa shape index (κ2) is 8.62. The van der Waals surface area contributed by atoms with E-state index < -0.39 is 5.97 Å². The molecular weight excluding hydrogens is 370 g/mol. The first-order valence-electron chi connectivity index (χ1n) is 8.42. The van der Waals surface area contributed by atoms with Gasteiger partial charge in [0, 0.05) is 22.8 Å². The first kappa shape index (κ1) is 18.8. The lowest BCUT2D eigenvalue weighted by atomic mass is 10.2. The van der Waals surface area contributed by atoms with E-state index in [1.165, 1.54) is 11.3 Å². The molecule has 1 aliphatic rings. The van der Waals surface area contributed by atoms with Gasteiger partial charge in [-0.15, -0.1) is 22.7 Å². The van der Waals surface area contributed by atoms with Crippen molar-refractivity contribution in [1.29, 1.82) is 0 Å². The summed E-state index contributed by atoms with van der Waals surface area (Å²) < 4.78 is 11.0. The maximum Gasteiger partial charge on any atom is 0.340 e. The summed E-state index contributed by atoms with van der Waals surface area (Å²) in [6.07, 6.45) is 1.78. The molecule has 7 heteroatoms. The minimum Gasteiger partial charge on any atom is -0.452 e. The van der Waals surface area contributed by atoms with Gasteiger partial charge in [0.25, 0.3) is 5.91 Å². The Morgan fingerprint density at radius 3 is 2.50 bits per heavy atom. The van der Waals surface area contributed by atoms with Gasteiger partial charge in [-0.3, -0.25) is 4.79 Å². The lowest BCUT2D eigenvalue weighted by Gasteiger charge is -2.35. The van der Waals surface area contributed by atoms with E-state index in [2.05, 4.69) is 0 Å². The monoisotopic (exact) mass is 391 g/mol. The highest BCUT2D eigenvalue weighted by atomic mass is 32.1. The minimum atomic E-state index is -0.483. The van der Waals surface area contributed by atoms with Crippen LogP contribution in [-0.4, -0.2) is 48.7 Å². The molecule has 0 saturated carbocycles. The van der Waals surface area contributed by atoms with E-state index in [0.717, 1.165) is 9.75 Å². The van der Waals surface area contributed by atoms with E-state index in [9.17, 15) is 9.59 Å². The van der Waals surface area contributed by atoms with Crippen molar-refractivity contribution in [2.24, 2.45) is 0 Å². The summed E-state index contributed by atoms with van der Waals surface area (Å²) >= 11 is 3.01. The maximum absolute atomic E-state index is 12.6. The van der Waals surface area contributed by atoms with Gasteiger partial charge in [0.1, 0.15) is 0 Å². The van der Waals surface area contributed by atoms with Crippen molar-refractivity contribution in [2.45, 2.75) is 26.1 Å². The van der Waals surface area contributed by atoms with Crippen LogP contribution in [-0.2, 0) is 19.1 Å². The number of esters is 1. The van der Waals surface area contributed by atoms with Gasteiger partial charge in [-0.1, -0.05) is 12.1 Å². The Morgan fingerprint density at radius 2 is 1.88 bits per heavy atom. The standard InChI is InChI=1S/C19H21NO4S2/c1-13-10-20(11-14(2)24-13)18(21)12-23-19(22)16(17-6-4-8-26-17)9-15-5-3-7-25-15/h3-9,13-14H,10-12H2,1-2H3/b16-9+/t13-,14-/m1/s1. The molecule has 1 saturated heterocycles. The van der Waals surface area contributed by atoms with Crippen molar-refractivity contribution < 1.29 is 19.1 Å². The first-order chi connectivity index (χ1) is 12.5. The van der Waals surface area contributed by atoms with Crippen LogP contribution in [0.3, 0.4) is 0 Å². The molecule has 0 radical (unpaired) electrons. The zero-order chi connectivity index (χ0) is 18.5. The molecule has 138 valence electrons.